The number of nitrogens with two attached hydrogens (primary N) is 1. The van der Waals surface area contributed by atoms with E-state index in [1.807, 2.05) is 18.2 Å². The van der Waals surface area contributed by atoms with Crippen LogP contribution in [0.4, 0.5) is 5.82 Å². The summed E-state index contributed by atoms with van der Waals surface area (Å²) in [4.78, 5) is 6.82. The Balaban J connectivity index is 2.16. The van der Waals surface area contributed by atoms with Crippen molar-refractivity contribution in [1.29, 1.82) is 0 Å². The Kier molecular flexibility index (Phi) is 4.96. The van der Waals surface area contributed by atoms with Crippen LogP contribution >= 0.6 is 0 Å². The number of hydrogen-bond acceptors (Lipinski definition) is 4. The van der Waals surface area contributed by atoms with E-state index in [1.165, 1.54) is 32.1 Å². The van der Waals surface area contributed by atoms with Crippen LogP contribution in [-0.4, -0.2) is 29.3 Å². The molecule has 1 heterocycles. The van der Waals surface area contributed by atoms with Gasteiger partial charge in [-0.2, -0.15) is 0 Å². The van der Waals surface area contributed by atoms with Crippen molar-refractivity contribution < 1.29 is 5.11 Å². The van der Waals surface area contributed by atoms with E-state index in [0.717, 1.165) is 11.5 Å². The second-order valence-corrected chi connectivity index (χ2v) is 4.90. The molecule has 0 aliphatic heterocycles. The van der Waals surface area contributed by atoms with Crippen molar-refractivity contribution in [2.75, 3.05) is 18.1 Å². The molecule has 2 rings (SSSR count). The van der Waals surface area contributed by atoms with Crippen molar-refractivity contribution in [3.63, 3.8) is 0 Å². The van der Waals surface area contributed by atoms with Crippen molar-refractivity contribution in [3.8, 4) is 0 Å². The van der Waals surface area contributed by atoms with Crippen LogP contribution in [0, 0.1) is 0 Å². The average Bonchev–Trinajstić information content (AvgIpc) is 2.46. The molecule has 3 N–H and O–H groups in total. The molecule has 0 spiro atoms. The van der Waals surface area contributed by atoms with Crippen molar-refractivity contribution >= 4 is 5.82 Å². The fourth-order valence-corrected chi connectivity index (χ4v) is 2.73. The molecule has 0 atom stereocenters. The lowest BCUT2D eigenvalue weighted by atomic mass is 9.94. The highest BCUT2D eigenvalue weighted by molar-refractivity contribution is 5.40. The minimum absolute atomic E-state index is 0.172. The maximum Gasteiger partial charge on any atom is 0.129 e. The summed E-state index contributed by atoms with van der Waals surface area (Å²) >= 11 is 0. The Labute approximate surface area is 109 Å². The highest BCUT2D eigenvalue weighted by atomic mass is 16.3. The Hall–Kier alpha value is -1.13. The zero-order valence-electron chi connectivity index (χ0n) is 10.9. The molecule has 0 saturated heterocycles. The van der Waals surface area contributed by atoms with Gasteiger partial charge in [0, 0.05) is 19.1 Å². The SMILES string of the molecule is NCc1cccc(N(CCO)C2CCCCC2)n1. The predicted molar refractivity (Wildman–Crippen MR) is 73.4 cm³/mol. The minimum Gasteiger partial charge on any atom is -0.395 e. The number of hydrogen-bond donors (Lipinski definition) is 2. The van der Waals surface area contributed by atoms with E-state index in [-0.39, 0.29) is 6.61 Å². The average molecular weight is 249 g/mol. The lowest BCUT2D eigenvalue weighted by Gasteiger charge is -2.35. The van der Waals surface area contributed by atoms with Gasteiger partial charge in [-0.3, -0.25) is 0 Å². The van der Waals surface area contributed by atoms with E-state index in [2.05, 4.69) is 9.88 Å². The summed E-state index contributed by atoms with van der Waals surface area (Å²) in [5, 5.41) is 9.26. The zero-order chi connectivity index (χ0) is 12.8. The molecule has 1 aromatic rings. The molecule has 0 aromatic carbocycles. The van der Waals surface area contributed by atoms with Gasteiger partial charge in [0.05, 0.1) is 12.3 Å². The molecule has 0 amide bonds. The van der Waals surface area contributed by atoms with Crippen molar-refractivity contribution in [3.05, 3.63) is 23.9 Å². The van der Waals surface area contributed by atoms with Gasteiger partial charge in [0.2, 0.25) is 0 Å². The highest BCUT2D eigenvalue weighted by Gasteiger charge is 2.21. The second kappa shape index (κ2) is 6.71. The quantitative estimate of drug-likeness (QED) is 0.833. The largest absolute Gasteiger partial charge is 0.395 e. The fourth-order valence-electron chi connectivity index (χ4n) is 2.73. The lowest BCUT2D eigenvalue weighted by Crippen LogP contribution is -2.39. The topological polar surface area (TPSA) is 62.4 Å². The number of rotatable bonds is 5. The molecular weight excluding hydrogens is 226 g/mol. The summed E-state index contributed by atoms with van der Waals surface area (Å²) in [6.07, 6.45) is 6.30. The van der Waals surface area contributed by atoms with E-state index in [9.17, 15) is 5.11 Å². The van der Waals surface area contributed by atoms with Crippen LogP contribution in [-0.2, 0) is 6.54 Å². The monoisotopic (exact) mass is 249 g/mol. The van der Waals surface area contributed by atoms with Gasteiger partial charge in [-0.25, -0.2) is 4.98 Å². The summed E-state index contributed by atoms with van der Waals surface area (Å²) in [7, 11) is 0. The predicted octanol–water partition coefficient (Wildman–Crippen LogP) is 1.67. The molecule has 1 aliphatic carbocycles. The van der Waals surface area contributed by atoms with E-state index >= 15 is 0 Å². The summed E-state index contributed by atoms with van der Waals surface area (Å²) in [5.41, 5.74) is 6.55. The summed E-state index contributed by atoms with van der Waals surface area (Å²) in [6.45, 7) is 1.29. The van der Waals surface area contributed by atoms with Gasteiger partial charge < -0.3 is 15.7 Å². The molecule has 1 saturated carbocycles. The zero-order valence-corrected chi connectivity index (χ0v) is 10.9. The van der Waals surface area contributed by atoms with Crippen molar-refractivity contribution in [1.82, 2.24) is 4.98 Å². The molecule has 4 heteroatoms. The lowest BCUT2D eigenvalue weighted by molar-refractivity contribution is 0.289. The van der Waals surface area contributed by atoms with Crippen LogP contribution in [0.3, 0.4) is 0 Å². The Morgan fingerprint density at radius 3 is 2.72 bits per heavy atom. The van der Waals surface area contributed by atoms with Gasteiger partial charge in [-0.05, 0) is 25.0 Å². The first-order valence-corrected chi connectivity index (χ1v) is 6.88. The minimum atomic E-state index is 0.172. The van der Waals surface area contributed by atoms with Crippen LogP contribution in [0.25, 0.3) is 0 Å². The Bertz CT molecular complexity index is 364. The molecule has 18 heavy (non-hydrogen) atoms. The maximum absolute atomic E-state index is 9.26. The van der Waals surface area contributed by atoms with Gasteiger partial charge >= 0.3 is 0 Å². The summed E-state index contributed by atoms with van der Waals surface area (Å²) < 4.78 is 0. The molecular formula is C14H23N3O. The maximum atomic E-state index is 9.26. The van der Waals surface area contributed by atoms with E-state index in [0.29, 0.717) is 19.1 Å². The highest BCUT2D eigenvalue weighted by Crippen LogP contribution is 2.26. The van der Waals surface area contributed by atoms with Gasteiger partial charge in [-0.1, -0.05) is 25.3 Å². The normalized spacial score (nSPS) is 16.8. The molecule has 0 bridgehead atoms. The summed E-state index contributed by atoms with van der Waals surface area (Å²) in [5.74, 6) is 0.957. The van der Waals surface area contributed by atoms with Crippen LogP contribution in [0.1, 0.15) is 37.8 Å². The first-order valence-electron chi connectivity index (χ1n) is 6.88. The third-order valence-electron chi connectivity index (χ3n) is 3.65. The number of aliphatic hydroxyl groups is 1. The number of anilines is 1. The van der Waals surface area contributed by atoms with E-state index in [4.69, 9.17) is 5.73 Å². The number of nitrogens with zero attached hydrogens (tertiary/aromatic N) is 2. The van der Waals surface area contributed by atoms with Gasteiger partial charge in [-0.15, -0.1) is 0 Å². The van der Waals surface area contributed by atoms with E-state index < -0.39 is 0 Å². The van der Waals surface area contributed by atoms with Crippen LogP contribution < -0.4 is 10.6 Å². The smallest absolute Gasteiger partial charge is 0.129 e. The fraction of sp³-hybridized carbons (Fsp3) is 0.643. The first-order chi connectivity index (χ1) is 8.85. The molecule has 100 valence electrons. The first kappa shape index (κ1) is 13.3. The number of aliphatic hydroxyl groups excluding tert-OH is 1. The molecule has 1 fully saturated rings. The second-order valence-electron chi connectivity index (χ2n) is 4.90. The van der Waals surface area contributed by atoms with Crippen molar-refractivity contribution in [2.45, 2.75) is 44.7 Å². The standard InChI is InChI=1S/C14H23N3O/c15-11-12-5-4-8-14(16-12)17(9-10-18)13-6-2-1-3-7-13/h4-5,8,13,18H,1-3,6-7,9-11,15H2. The van der Waals surface area contributed by atoms with Crippen LogP contribution in [0.15, 0.2) is 18.2 Å². The van der Waals surface area contributed by atoms with Gasteiger partial charge in [0.25, 0.3) is 0 Å². The number of aromatic nitrogens is 1. The van der Waals surface area contributed by atoms with Crippen LogP contribution in [0.5, 0.6) is 0 Å². The third kappa shape index (κ3) is 3.21. The summed E-state index contributed by atoms with van der Waals surface area (Å²) in [6, 6.07) is 6.48. The van der Waals surface area contributed by atoms with E-state index in [1.54, 1.807) is 0 Å². The third-order valence-corrected chi connectivity index (χ3v) is 3.65. The molecule has 0 unspecified atom stereocenters. The molecule has 4 nitrogen and oxygen atoms in total. The molecule has 1 aliphatic rings. The van der Waals surface area contributed by atoms with Crippen molar-refractivity contribution in [2.24, 2.45) is 5.73 Å². The Morgan fingerprint density at radius 1 is 1.28 bits per heavy atom. The molecule has 0 radical (unpaired) electrons. The van der Waals surface area contributed by atoms with Crippen LogP contribution in [0.2, 0.25) is 0 Å². The Morgan fingerprint density at radius 2 is 2.06 bits per heavy atom. The molecule has 1 aromatic heterocycles. The number of pyridine rings is 1. The van der Waals surface area contributed by atoms with Gasteiger partial charge in [0.15, 0.2) is 0 Å². The van der Waals surface area contributed by atoms with Gasteiger partial charge in [0.1, 0.15) is 5.82 Å².